The number of carbonyl (C=O) groups excluding carboxylic acids is 1. The fourth-order valence-electron chi connectivity index (χ4n) is 3.19. The molecule has 1 heterocycles. The minimum Gasteiger partial charge on any atom is -0.434 e. The second-order valence-electron chi connectivity index (χ2n) is 6.87. The molecule has 2 aromatic carbocycles. The fourth-order valence-corrected chi connectivity index (χ4v) is 3.19. The van der Waals surface area contributed by atoms with Gasteiger partial charge in [-0.15, -0.1) is 0 Å². The van der Waals surface area contributed by atoms with Crippen molar-refractivity contribution in [2.45, 2.75) is 12.8 Å². The van der Waals surface area contributed by atoms with Gasteiger partial charge in [-0.25, -0.2) is 0 Å². The Morgan fingerprint density at radius 3 is 2.52 bits per heavy atom. The number of amides is 1. The first kappa shape index (κ1) is 24.0. The van der Waals surface area contributed by atoms with Crippen LogP contribution in [-0.2, 0) is 15.7 Å². The van der Waals surface area contributed by atoms with Crippen molar-refractivity contribution >= 4 is 23.4 Å². The molecule has 0 saturated carbocycles. The first-order valence-electron chi connectivity index (χ1n) is 9.70. The van der Waals surface area contributed by atoms with Crippen molar-refractivity contribution in [3.63, 3.8) is 0 Å². The van der Waals surface area contributed by atoms with Crippen molar-refractivity contribution < 1.29 is 36.2 Å². The maximum absolute atomic E-state index is 13.7. The third-order valence-corrected chi connectivity index (χ3v) is 4.73. The van der Waals surface area contributed by atoms with E-state index in [9.17, 15) is 32.0 Å². The van der Waals surface area contributed by atoms with Crippen LogP contribution in [0.3, 0.4) is 0 Å². The molecule has 1 aliphatic rings. The lowest BCUT2D eigenvalue weighted by Gasteiger charge is -2.29. The first-order chi connectivity index (χ1) is 15.7. The summed E-state index contributed by atoms with van der Waals surface area (Å²) >= 11 is 0. The zero-order valence-electron chi connectivity index (χ0n) is 17.0. The molecule has 1 N–H and O–H groups in total. The highest BCUT2D eigenvalue weighted by atomic mass is 19.4. The van der Waals surface area contributed by atoms with Crippen molar-refractivity contribution in [3.8, 4) is 11.8 Å². The first-order valence-corrected chi connectivity index (χ1v) is 9.70. The summed E-state index contributed by atoms with van der Waals surface area (Å²) in [5.74, 6) is -1.42. The molecule has 33 heavy (non-hydrogen) atoms. The molecule has 1 amide bonds. The zero-order valence-corrected chi connectivity index (χ0v) is 17.0. The molecular weight excluding hydrogens is 449 g/mol. The number of rotatable bonds is 6. The van der Waals surface area contributed by atoms with Crippen molar-refractivity contribution in [3.05, 3.63) is 59.2 Å². The van der Waals surface area contributed by atoms with Crippen LogP contribution in [-0.4, -0.2) is 38.8 Å². The van der Waals surface area contributed by atoms with Crippen LogP contribution in [0.25, 0.3) is 6.08 Å². The summed E-state index contributed by atoms with van der Waals surface area (Å²) in [6.45, 7) is -1.53. The van der Waals surface area contributed by atoms with Gasteiger partial charge in [0.1, 0.15) is 17.4 Å². The molecule has 0 aromatic heterocycles. The van der Waals surface area contributed by atoms with Gasteiger partial charge in [0.25, 0.3) is 5.91 Å². The van der Waals surface area contributed by atoms with Crippen LogP contribution in [0.1, 0.15) is 11.1 Å². The molecule has 0 unspecified atom stereocenters. The maximum Gasteiger partial charge on any atom is 0.418 e. The molecule has 3 rings (SSSR count). The molecule has 0 radical (unpaired) electrons. The Morgan fingerprint density at radius 2 is 1.88 bits per heavy atom. The van der Waals surface area contributed by atoms with Crippen LogP contribution < -0.4 is 15.0 Å². The number of hydrogen-bond acceptors (Lipinski definition) is 5. The quantitative estimate of drug-likeness (QED) is 0.379. The van der Waals surface area contributed by atoms with Gasteiger partial charge >= 0.3 is 12.8 Å². The highest BCUT2D eigenvalue weighted by Gasteiger charge is 2.35. The topological polar surface area (TPSA) is 74.6 Å². The molecular formula is C22H18F5N3O3. The summed E-state index contributed by atoms with van der Waals surface area (Å²) in [6.07, 6.45) is -3.82. The number of benzene rings is 2. The number of anilines is 2. The summed E-state index contributed by atoms with van der Waals surface area (Å²) in [4.78, 5) is 14.3. The van der Waals surface area contributed by atoms with E-state index in [1.807, 2.05) is 0 Å². The number of nitriles is 1. The van der Waals surface area contributed by atoms with Gasteiger partial charge in [-0.1, -0.05) is 18.2 Å². The Balaban J connectivity index is 1.89. The molecule has 0 atom stereocenters. The summed E-state index contributed by atoms with van der Waals surface area (Å²) in [7, 11) is 0. The van der Waals surface area contributed by atoms with Gasteiger partial charge < -0.3 is 19.7 Å². The summed E-state index contributed by atoms with van der Waals surface area (Å²) in [5, 5.41) is 11.4. The molecule has 0 bridgehead atoms. The van der Waals surface area contributed by atoms with E-state index in [0.717, 1.165) is 18.2 Å². The van der Waals surface area contributed by atoms with Crippen LogP contribution in [0.2, 0.25) is 0 Å². The number of morpholine rings is 1. The van der Waals surface area contributed by atoms with Crippen molar-refractivity contribution in [1.82, 2.24) is 0 Å². The summed E-state index contributed by atoms with van der Waals surface area (Å²) in [6, 6.07) is 10.4. The second kappa shape index (κ2) is 10.3. The Morgan fingerprint density at radius 1 is 1.18 bits per heavy atom. The monoisotopic (exact) mass is 467 g/mol. The van der Waals surface area contributed by atoms with E-state index >= 15 is 0 Å². The van der Waals surface area contributed by atoms with Crippen molar-refractivity contribution in [2.75, 3.05) is 36.5 Å². The van der Waals surface area contributed by atoms with Crippen LogP contribution in [0, 0.1) is 11.3 Å². The summed E-state index contributed by atoms with van der Waals surface area (Å²) < 4.78 is 75.8. The van der Waals surface area contributed by atoms with Gasteiger partial charge in [-0.3, -0.25) is 4.79 Å². The number of para-hydroxylation sites is 1. The molecule has 6 nitrogen and oxygen atoms in total. The van der Waals surface area contributed by atoms with Crippen LogP contribution in [0.15, 0.2) is 48.0 Å². The number of carbonyl (C=O) groups is 1. The van der Waals surface area contributed by atoms with Gasteiger partial charge in [0, 0.05) is 24.3 Å². The van der Waals surface area contributed by atoms with E-state index in [1.54, 1.807) is 11.0 Å². The van der Waals surface area contributed by atoms with E-state index in [-0.39, 0.29) is 11.3 Å². The predicted molar refractivity (Wildman–Crippen MR) is 110 cm³/mol. The standard InChI is InChI=1S/C22H18F5N3O3/c23-21(24)33-19-4-2-1-3-14(19)11-15(13-28)20(31)29-18-6-5-16(12-17(18)22(25,26)27)30-7-9-32-10-8-30/h1-6,11-12,21H,7-10H2,(H,29,31)/b15-11+. The van der Waals surface area contributed by atoms with Crippen molar-refractivity contribution in [2.24, 2.45) is 0 Å². The molecule has 1 saturated heterocycles. The van der Waals surface area contributed by atoms with Gasteiger partial charge in [0.05, 0.1) is 24.5 Å². The third-order valence-electron chi connectivity index (χ3n) is 4.73. The molecule has 11 heteroatoms. The van der Waals surface area contributed by atoms with Gasteiger partial charge in [0.2, 0.25) is 0 Å². The number of ether oxygens (including phenoxy) is 2. The number of alkyl halides is 5. The van der Waals surface area contributed by atoms with E-state index in [4.69, 9.17) is 4.74 Å². The Kier molecular flexibility index (Phi) is 7.50. The van der Waals surface area contributed by atoms with Gasteiger partial charge in [-0.05, 0) is 30.3 Å². The smallest absolute Gasteiger partial charge is 0.418 e. The van der Waals surface area contributed by atoms with Crippen LogP contribution >= 0.6 is 0 Å². The number of nitrogens with one attached hydrogen (secondary N) is 1. The van der Waals surface area contributed by atoms with E-state index < -0.39 is 35.5 Å². The average molecular weight is 467 g/mol. The average Bonchev–Trinajstić information content (AvgIpc) is 2.78. The highest BCUT2D eigenvalue weighted by molar-refractivity contribution is 6.10. The fraction of sp³-hybridized carbons (Fsp3) is 0.273. The predicted octanol–water partition coefficient (Wildman–Crippen LogP) is 4.69. The Labute approximate surface area is 185 Å². The number of nitrogens with zero attached hydrogens (tertiary/aromatic N) is 2. The lowest BCUT2D eigenvalue weighted by Crippen LogP contribution is -2.36. The van der Waals surface area contributed by atoms with Crippen LogP contribution in [0.5, 0.6) is 5.75 Å². The molecule has 174 valence electrons. The Hall–Kier alpha value is -3.65. The normalized spacial score (nSPS) is 14.7. The van der Waals surface area contributed by atoms with E-state index in [0.29, 0.717) is 32.0 Å². The Bertz CT molecular complexity index is 1070. The molecule has 0 aliphatic carbocycles. The largest absolute Gasteiger partial charge is 0.434 e. The number of halogens is 5. The second-order valence-corrected chi connectivity index (χ2v) is 6.87. The maximum atomic E-state index is 13.7. The molecule has 0 spiro atoms. The minimum absolute atomic E-state index is 0.0109. The molecule has 1 fully saturated rings. The lowest BCUT2D eigenvalue weighted by molar-refractivity contribution is -0.136. The number of hydrogen-bond donors (Lipinski definition) is 1. The summed E-state index contributed by atoms with van der Waals surface area (Å²) in [5.41, 5.74) is -1.91. The third kappa shape index (κ3) is 6.20. The van der Waals surface area contributed by atoms with Crippen molar-refractivity contribution in [1.29, 1.82) is 5.26 Å². The van der Waals surface area contributed by atoms with E-state index in [1.165, 1.54) is 30.3 Å². The van der Waals surface area contributed by atoms with Crippen LogP contribution in [0.4, 0.5) is 33.3 Å². The molecule has 1 aliphatic heterocycles. The highest BCUT2D eigenvalue weighted by Crippen LogP contribution is 2.38. The molecule has 2 aromatic rings. The zero-order chi connectivity index (χ0) is 24.0. The minimum atomic E-state index is -4.78. The van der Waals surface area contributed by atoms with E-state index in [2.05, 4.69) is 10.1 Å². The van der Waals surface area contributed by atoms with Gasteiger partial charge in [-0.2, -0.15) is 27.2 Å². The lowest BCUT2D eigenvalue weighted by atomic mass is 10.1. The SMILES string of the molecule is N#C/C(=C\c1ccccc1OC(F)F)C(=O)Nc1ccc(N2CCOCC2)cc1C(F)(F)F. The van der Waals surface area contributed by atoms with Gasteiger partial charge in [0.15, 0.2) is 0 Å².